The number of nitrogens with zero attached hydrogens (tertiary/aromatic N) is 3. The van der Waals surface area contributed by atoms with Gasteiger partial charge < -0.3 is 4.74 Å². The number of ether oxygens (including phenoxy) is 1. The standard InChI is InChI=1S/C7H11N3O2/c1-7(2)3-5(4-9-10-8)12-6(7)11/h5H,3-4H2,1-2H3. The lowest BCUT2D eigenvalue weighted by molar-refractivity contribution is -0.147. The molecule has 1 fully saturated rings. The van der Waals surface area contributed by atoms with Crippen molar-refractivity contribution in [3.8, 4) is 0 Å². The summed E-state index contributed by atoms with van der Waals surface area (Å²) in [5.74, 6) is -0.208. The van der Waals surface area contributed by atoms with E-state index < -0.39 is 5.41 Å². The molecule has 0 aromatic carbocycles. The van der Waals surface area contributed by atoms with Crippen LogP contribution >= 0.6 is 0 Å². The third-order valence-electron chi connectivity index (χ3n) is 1.91. The van der Waals surface area contributed by atoms with E-state index in [1.165, 1.54) is 0 Å². The first-order valence-electron chi connectivity index (χ1n) is 3.78. The van der Waals surface area contributed by atoms with Crippen molar-refractivity contribution in [2.24, 2.45) is 10.5 Å². The van der Waals surface area contributed by atoms with Crippen LogP contribution in [0.3, 0.4) is 0 Å². The molecule has 1 saturated heterocycles. The van der Waals surface area contributed by atoms with Crippen LogP contribution < -0.4 is 0 Å². The summed E-state index contributed by atoms with van der Waals surface area (Å²) in [5.41, 5.74) is 7.62. The molecular weight excluding hydrogens is 158 g/mol. The van der Waals surface area contributed by atoms with Gasteiger partial charge in [-0.3, -0.25) is 4.79 Å². The fraction of sp³-hybridized carbons (Fsp3) is 0.857. The van der Waals surface area contributed by atoms with Crippen LogP contribution in [0.15, 0.2) is 5.11 Å². The lowest BCUT2D eigenvalue weighted by Gasteiger charge is -2.08. The van der Waals surface area contributed by atoms with Crippen LogP contribution in [0, 0.1) is 5.41 Å². The van der Waals surface area contributed by atoms with Gasteiger partial charge in [0.1, 0.15) is 6.10 Å². The van der Waals surface area contributed by atoms with E-state index in [1.807, 2.05) is 13.8 Å². The zero-order valence-electron chi connectivity index (χ0n) is 7.15. The van der Waals surface area contributed by atoms with Crippen LogP contribution in [-0.4, -0.2) is 18.6 Å². The quantitative estimate of drug-likeness (QED) is 0.272. The van der Waals surface area contributed by atoms with E-state index in [0.29, 0.717) is 6.42 Å². The van der Waals surface area contributed by atoms with Crippen molar-refractivity contribution >= 4 is 5.97 Å². The third kappa shape index (κ3) is 1.68. The van der Waals surface area contributed by atoms with Gasteiger partial charge in [-0.05, 0) is 19.4 Å². The van der Waals surface area contributed by atoms with Crippen molar-refractivity contribution in [1.29, 1.82) is 0 Å². The van der Waals surface area contributed by atoms with Crippen LogP contribution in [0.25, 0.3) is 10.4 Å². The molecule has 0 bridgehead atoms. The minimum absolute atomic E-state index is 0.208. The number of cyclic esters (lactones) is 1. The molecule has 0 aromatic heterocycles. The molecule has 12 heavy (non-hydrogen) atoms. The average molecular weight is 169 g/mol. The van der Waals surface area contributed by atoms with Gasteiger partial charge in [0.15, 0.2) is 0 Å². The van der Waals surface area contributed by atoms with E-state index in [-0.39, 0.29) is 18.6 Å². The van der Waals surface area contributed by atoms with E-state index >= 15 is 0 Å². The van der Waals surface area contributed by atoms with E-state index in [9.17, 15) is 4.79 Å². The van der Waals surface area contributed by atoms with Gasteiger partial charge in [0.2, 0.25) is 0 Å². The minimum Gasteiger partial charge on any atom is -0.462 e. The van der Waals surface area contributed by atoms with Crippen LogP contribution in [0.4, 0.5) is 0 Å². The summed E-state index contributed by atoms with van der Waals surface area (Å²) < 4.78 is 4.97. The van der Waals surface area contributed by atoms with Gasteiger partial charge in [-0.2, -0.15) is 0 Å². The number of rotatable bonds is 2. The Morgan fingerprint density at radius 1 is 1.83 bits per heavy atom. The van der Waals surface area contributed by atoms with Gasteiger partial charge in [-0.25, -0.2) is 0 Å². The normalized spacial score (nSPS) is 26.2. The Morgan fingerprint density at radius 3 is 2.92 bits per heavy atom. The van der Waals surface area contributed by atoms with Crippen LogP contribution in [0.2, 0.25) is 0 Å². The van der Waals surface area contributed by atoms with E-state index in [4.69, 9.17) is 10.3 Å². The maximum Gasteiger partial charge on any atom is 0.311 e. The number of hydrogen-bond donors (Lipinski definition) is 0. The Kier molecular flexibility index (Phi) is 2.24. The Balaban J connectivity index is 2.55. The lowest BCUT2D eigenvalue weighted by Crippen LogP contribution is -2.16. The molecule has 0 aliphatic carbocycles. The Morgan fingerprint density at radius 2 is 2.50 bits per heavy atom. The molecule has 1 rings (SSSR count). The Hall–Kier alpha value is -1.22. The number of esters is 1. The zero-order chi connectivity index (χ0) is 9.19. The van der Waals surface area contributed by atoms with Crippen molar-refractivity contribution in [2.45, 2.75) is 26.4 Å². The molecule has 0 amide bonds. The lowest BCUT2D eigenvalue weighted by atomic mass is 9.90. The summed E-state index contributed by atoms with van der Waals surface area (Å²) in [6, 6.07) is 0. The first kappa shape index (κ1) is 8.87. The Labute approximate surface area is 70.3 Å². The van der Waals surface area contributed by atoms with Crippen LogP contribution in [0.5, 0.6) is 0 Å². The van der Waals surface area contributed by atoms with Crippen molar-refractivity contribution in [2.75, 3.05) is 6.54 Å². The summed E-state index contributed by atoms with van der Waals surface area (Å²) in [4.78, 5) is 13.7. The number of azide groups is 1. The molecule has 0 saturated carbocycles. The zero-order valence-corrected chi connectivity index (χ0v) is 7.15. The van der Waals surface area contributed by atoms with Crippen LogP contribution in [-0.2, 0) is 9.53 Å². The molecule has 0 N–H and O–H groups in total. The second-order valence-electron chi connectivity index (χ2n) is 3.53. The molecule has 0 aromatic rings. The van der Waals surface area contributed by atoms with Crippen LogP contribution in [0.1, 0.15) is 20.3 Å². The molecule has 66 valence electrons. The summed E-state index contributed by atoms with van der Waals surface area (Å²) in [7, 11) is 0. The topological polar surface area (TPSA) is 75.1 Å². The summed E-state index contributed by atoms with van der Waals surface area (Å²) in [6.07, 6.45) is 0.397. The van der Waals surface area contributed by atoms with Crippen molar-refractivity contribution in [1.82, 2.24) is 0 Å². The molecule has 1 unspecified atom stereocenters. The SMILES string of the molecule is CC1(C)CC(CN=[N+]=[N-])OC1=O. The molecule has 1 aliphatic heterocycles. The first-order valence-corrected chi connectivity index (χ1v) is 3.78. The molecule has 1 heterocycles. The number of hydrogen-bond acceptors (Lipinski definition) is 3. The predicted octanol–water partition coefficient (Wildman–Crippen LogP) is 1.64. The molecule has 5 nitrogen and oxygen atoms in total. The molecule has 0 radical (unpaired) electrons. The first-order chi connectivity index (χ1) is 5.56. The van der Waals surface area contributed by atoms with Gasteiger partial charge in [-0.1, -0.05) is 5.11 Å². The fourth-order valence-corrected chi connectivity index (χ4v) is 1.23. The third-order valence-corrected chi connectivity index (χ3v) is 1.91. The largest absolute Gasteiger partial charge is 0.462 e. The molecule has 1 atom stereocenters. The predicted molar refractivity (Wildman–Crippen MR) is 42.3 cm³/mol. The number of carbonyl (C=O) groups is 1. The molecule has 0 spiro atoms. The van der Waals surface area contributed by atoms with Gasteiger partial charge in [-0.15, -0.1) is 0 Å². The monoisotopic (exact) mass is 169 g/mol. The molecule has 1 aliphatic rings. The highest BCUT2D eigenvalue weighted by molar-refractivity contribution is 5.78. The summed E-state index contributed by atoms with van der Waals surface area (Å²) in [5, 5.41) is 3.36. The van der Waals surface area contributed by atoms with Gasteiger partial charge in [0.05, 0.1) is 12.0 Å². The van der Waals surface area contributed by atoms with Gasteiger partial charge in [0, 0.05) is 11.3 Å². The fourth-order valence-electron chi connectivity index (χ4n) is 1.23. The Bertz CT molecular complexity index is 243. The maximum atomic E-state index is 11.1. The molecular formula is C7H11N3O2. The summed E-state index contributed by atoms with van der Waals surface area (Å²) in [6.45, 7) is 3.89. The van der Waals surface area contributed by atoms with Crippen molar-refractivity contribution in [3.63, 3.8) is 0 Å². The smallest absolute Gasteiger partial charge is 0.311 e. The minimum atomic E-state index is -0.421. The second-order valence-corrected chi connectivity index (χ2v) is 3.53. The van der Waals surface area contributed by atoms with Gasteiger partial charge in [0.25, 0.3) is 0 Å². The summed E-state index contributed by atoms with van der Waals surface area (Å²) >= 11 is 0. The van der Waals surface area contributed by atoms with Crippen molar-refractivity contribution < 1.29 is 9.53 Å². The highest BCUT2D eigenvalue weighted by Gasteiger charge is 2.40. The van der Waals surface area contributed by atoms with E-state index in [0.717, 1.165) is 0 Å². The highest BCUT2D eigenvalue weighted by Crippen LogP contribution is 2.32. The highest BCUT2D eigenvalue weighted by atomic mass is 16.6. The number of carbonyl (C=O) groups excluding carboxylic acids is 1. The maximum absolute atomic E-state index is 11.1. The van der Waals surface area contributed by atoms with E-state index in [2.05, 4.69) is 10.0 Å². The molecule has 5 heteroatoms. The second kappa shape index (κ2) is 3.03. The van der Waals surface area contributed by atoms with Crippen molar-refractivity contribution in [3.05, 3.63) is 10.4 Å². The average Bonchev–Trinajstić information content (AvgIpc) is 2.22. The van der Waals surface area contributed by atoms with E-state index in [1.54, 1.807) is 0 Å². The van der Waals surface area contributed by atoms with Gasteiger partial charge >= 0.3 is 5.97 Å².